The molecule has 106 valence electrons. The van der Waals surface area contributed by atoms with Crippen molar-refractivity contribution < 1.29 is 13.2 Å². The maximum Gasteiger partial charge on any atom is 0.301 e. The van der Waals surface area contributed by atoms with E-state index in [-0.39, 0.29) is 12.2 Å². The minimum Gasteiger partial charge on any atom is -0.277 e. The molecule has 0 unspecified atom stereocenters. The molecule has 0 aliphatic heterocycles. The van der Waals surface area contributed by atoms with Gasteiger partial charge in [0.05, 0.1) is 5.69 Å². The average Bonchev–Trinajstić information content (AvgIpc) is 2.88. The van der Waals surface area contributed by atoms with Crippen LogP contribution in [0.15, 0.2) is 47.3 Å². The first-order valence-corrected chi connectivity index (χ1v) is 7.06. The number of hydrogen-bond acceptors (Lipinski definition) is 2. The van der Waals surface area contributed by atoms with Crippen LogP contribution in [0.5, 0.6) is 0 Å². The fraction of sp³-hybridized carbons (Fsp3) is 0.154. The van der Waals surface area contributed by atoms with Crippen molar-refractivity contribution in [2.75, 3.05) is 5.75 Å². The van der Waals surface area contributed by atoms with Crippen molar-refractivity contribution in [2.45, 2.75) is 11.4 Å². The van der Waals surface area contributed by atoms with Gasteiger partial charge in [-0.2, -0.15) is 13.9 Å². The van der Waals surface area contributed by atoms with Crippen LogP contribution in [0.2, 0.25) is 5.02 Å². The first-order valence-electron chi connectivity index (χ1n) is 5.70. The molecule has 1 N–H and O–H groups in total. The highest BCUT2D eigenvalue weighted by molar-refractivity contribution is 7.99. The Balaban J connectivity index is 1.96. The molecule has 2 aromatic rings. The molecule has 0 saturated carbocycles. The molecule has 20 heavy (non-hydrogen) atoms. The fourth-order valence-electron chi connectivity index (χ4n) is 1.49. The van der Waals surface area contributed by atoms with Crippen LogP contribution in [0.1, 0.15) is 6.42 Å². The SMILES string of the molecule is FC(F)=C(F)CCSc1cc(-c2ccc(Cl)cc2)[nH]n1. The number of halogens is 4. The summed E-state index contributed by atoms with van der Waals surface area (Å²) in [4.78, 5) is 0. The van der Waals surface area contributed by atoms with E-state index in [4.69, 9.17) is 11.6 Å². The topological polar surface area (TPSA) is 28.7 Å². The first-order chi connectivity index (χ1) is 9.56. The molecule has 0 saturated heterocycles. The number of benzene rings is 1. The van der Waals surface area contributed by atoms with Gasteiger partial charge < -0.3 is 0 Å². The smallest absolute Gasteiger partial charge is 0.277 e. The van der Waals surface area contributed by atoms with Crippen molar-refractivity contribution in [1.82, 2.24) is 10.2 Å². The minimum atomic E-state index is -2.26. The number of rotatable bonds is 5. The van der Waals surface area contributed by atoms with Gasteiger partial charge in [0, 0.05) is 17.2 Å². The Morgan fingerprint density at radius 1 is 1.20 bits per heavy atom. The second-order valence-electron chi connectivity index (χ2n) is 3.89. The number of thioether (sulfide) groups is 1. The highest BCUT2D eigenvalue weighted by Gasteiger charge is 2.07. The summed E-state index contributed by atoms with van der Waals surface area (Å²) >= 11 is 7.01. The van der Waals surface area contributed by atoms with Crippen LogP contribution in [0.25, 0.3) is 11.3 Å². The average molecular weight is 319 g/mol. The van der Waals surface area contributed by atoms with Crippen LogP contribution < -0.4 is 0 Å². The van der Waals surface area contributed by atoms with Gasteiger partial charge in [-0.05, 0) is 23.8 Å². The van der Waals surface area contributed by atoms with Crippen LogP contribution in [-0.4, -0.2) is 16.0 Å². The normalized spacial score (nSPS) is 10.6. The molecule has 0 radical (unpaired) electrons. The lowest BCUT2D eigenvalue weighted by atomic mass is 10.2. The maximum absolute atomic E-state index is 12.6. The Morgan fingerprint density at radius 2 is 1.90 bits per heavy atom. The molecular weight excluding hydrogens is 309 g/mol. The maximum atomic E-state index is 12.6. The van der Waals surface area contributed by atoms with Gasteiger partial charge >= 0.3 is 6.08 Å². The van der Waals surface area contributed by atoms with Gasteiger partial charge in [-0.15, -0.1) is 11.8 Å². The van der Waals surface area contributed by atoms with Crippen molar-refractivity contribution in [1.29, 1.82) is 0 Å². The van der Waals surface area contributed by atoms with E-state index in [9.17, 15) is 13.2 Å². The molecule has 0 aliphatic rings. The number of allylic oxidation sites excluding steroid dienone is 1. The van der Waals surface area contributed by atoms with Crippen LogP contribution in [0.3, 0.4) is 0 Å². The van der Waals surface area contributed by atoms with Gasteiger partial charge in [-0.1, -0.05) is 23.7 Å². The van der Waals surface area contributed by atoms with E-state index >= 15 is 0 Å². The molecular formula is C13H10ClF3N2S. The van der Waals surface area contributed by atoms with Crippen molar-refractivity contribution in [3.8, 4) is 11.3 Å². The molecule has 0 aliphatic carbocycles. The number of hydrogen-bond donors (Lipinski definition) is 1. The summed E-state index contributed by atoms with van der Waals surface area (Å²) in [7, 11) is 0. The molecule has 0 spiro atoms. The Hall–Kier alpha value is -1.40. The van der Waals surface area contributed by atoms with Crippen molar-refractivity contribution in [2.24, 2.45) is 0 Å². The third-order valence-electron chi connectivity index (χ3n) is 2.49. The lowest BCUT2D eigenvalue weighted by molar-refractivity contribution is 0.373. The largest absolute Gasteiger partial charge is 0.301 e. The van der Waals surface area contributed by atoms with E-state index < -0.39 is 11.9 Å². The minimum absolute atomic E-state index is 0.202. The zero-order valence-corrected chi connectivity index (χ0v) is 11.7. The van der Waals surface area contributed by atoms with Crippen LogP contribution >= 0.6 is 23.4 Å². The van der Waals surface area contributed by atoms with Crippen molar-refractivity contribution >= 4 is 23.4 Å². The molecule has 0 atom stereocenters. The van der Waals surface area contributed by atoms with E-state index in [0.29, 0.717) is 10.0 Å². The van der Waals surface area contributed by atoms with Gasteiger partial charge in [0.1, 0.15) is 5.03 Å². The Morgan fingerprint density at radius 3 is 2.55 bits per heavy atom. The van der Waals surface area contributed by atoms with Crippen molar-refractivity contribution in [3.05, 3.63) is 47.3 Å². The molecule has 0 fully saturated rings. The molecule has 2 rings (SSSR count). The summed E-state index contributed by atoms with van der Waals surface area (Å²) < 4.78 is 36.4. The summed E-state index contributed by atoms with van der Waals surface area (Å²) in [6.07, 6.45) is -2.56. The quantitative estimate of drug-likeness (QED) is 0.759. The van der Waals surface area contributed by atoms with Crippen LogP contribution in [-0.2, 0) is 0 Å². The summed E-state index contributed by atoms with van der Waals surface area (Å²) in [6, 6.07) is 8.97. The molecule has 0 amide bonds. The summed E-state index contributed by atoms with van der Waals surface area (Å²) in [5.41, 5.74) is 1.70. The highest BCUT2D eigenvalue weighted by Crippen LogP contribution is 2.26. The molecule has 0 bridgehead atoms. The summed E-state index contributed by atoms with van der Waals surface area (Å²) in [5.74, 6) is -1.17. The second kappa shape index (κ2) is 6.85. The predicted octanol–water partition coefficient (Wildman–Crippen LogP) is 5.29. The van der Waals surface area contributed by atoms with Crippen molar-refractivity contribution in [3.63, 3.8) is 0 Å². The highest BCUT2D eigenvalue weighted by atomic mass is 35.5. The molecule has 2 nitrogen and oxygen atoms in total. The number of H-pyrrole nitrogens is 1. The molecule has 1 aromatic carbocycles. The lowest BCUT2D eigenvalue weighted by Crippen LogP contribution is -1.82. The number of aromatic amines is 1. The zero-order chi connectivity index (χ0) is 14.5. The van der Waals surface area contributed by atoms with E-state index in [2.05, 4.69) is 10.2 Å². The fourth-order valence-corrected chi connectivity index (χ4v) is 2.42. The van der Waals surface area contributed by atoms with Crippen LogP contribution in [0, 0.1) is 0 Å². The second-order valence-corrected chi connectivity index (χ2v) is 5.44. The van der Waals surface area contributed by atoms with E-state index in [1.807, 2.05) is 12.1 Å². The van der Waals surface area contributed by atoms with Gasteiger partial charge in [0.25, 0.3) is 0 Å². The van der Waals surface area contributed by atoms with E-state index in [0.717, 1.165) is 11.3 Å². The monoisotopic (exact) mass is 318 g/mol. The summed E-state index contributed by atoms with van der Waals surface area (Å²) in [5, 5.41) is 8.13. The third-order valence-corrected chi connectivity index (χ3v) is 3.65. The first kappa shape index (κ1) is 15.0. The number of aromatic nitrogens is 2. The molecule has 7 heteroatoms. The van der Waals surface area contributed by atoms with E-state index in [1.165, 1.54) is 11.8 Å². The Labute approximate surface area is 123 Å². The molecule has 1 heterocycles. The standard InChI is InChI=1S/C13H10ClF3N2S/c14-9-3-1-8(2-4-9)11-7-12(19-18-11)20-6-5-10(15)13(16)17/h1-4,7H,5-6H2,(H,18,19). The van der Waals surface area contributed by atoms with Gasteiger partial charge in [0.2, 0.25) is 0 Å². The van der Waals surface area contributed by atoms with E-state index in [1.54, 1.807) is 18.2 Å². The number of nitrogens with zero attached hydrogens (tertiary/aromatic N) is 1. The lowest BCUT2D eigenvalue weighted by Gasteiger charge is -1.96. The zero-order valence-electron chi connectivity index (χ0n) is 10.2. The third kappa shape index (κ3) is 4.05. The summed E-state index contributed by atoms with van der Waals surface area (Å²) in [6.45, 7) is 0. The predicted molar refractivity (Wildman–Crippen MR) is 74.7 cm³/mol. The Kier molecular flexibility index (Phi) is 5.14. The van der Waals surface area contributed by atoms with Gasteiger partial charge in [0.15, 0.2) is 5.83 Å². The van der Waals surface area contributed by atoms with Crippen LogP contribution in [0.4, 0.5) is 13.2 Å². The van der Waals surface area contributed by atoms with Gasteiger partial charge in [-0.3, -0.25) is 5.10 Å². The Bertz CT molecular complexity index is 606. The van der Waals surface area contributed by atoms with Gasteiger partial charge in [-0.25, -0.2) is 4.39 Å². The number of nitrogens with one attached hydrogen (secondary N) is 1. The molecule has 1 aromatic heterocycles.